The summed E-state index contributed by atoms with van der Waals surface area (Å²) in [5, 5.41) is 92.5. The Morgan fingerprint density at radius 2 is 0.738 bits per heavy atom. The highest BCUT2D eigenvalue weighted by Crippen LogP contribution is 2.50. The van der Waals surface area contributed by atoms with Crippen molar-refractivity contribution in [3.8, 4) is 0 Å². The fourth-order valence-corrected chi connectivity index (χ4v) is 15.2. The lowest BCUT2D eigenvalue weighted by atomic mass is 9.92. The van der Waals surface area contributed by atoms with Crippen molar-refractivity contribution in [2.45, 2.75) is 229 Å². The Morgan fingerprint density at radius 3 is 1.10 bits per heavy atom. The van der Waals surface area contributed by atoms with Crippen LogP contribution in [0.4, 0.5) is 0 Å². The van der Waals surface area contributed by atoms with Crippen LogP contribution in [0.15, 0.2) is 0 Å². The number of ether oxygens (including phenoxy) is 10. The van der Waals surface area contributed by atoms with Gasteiger partial charge in [-0.1, -0.05) is 52.4 Å². The van der Waals surface area contributed by atoms with E-state index < -0.39 is 213 Å². The zero-order valence-corrected chi connectivity index (χ0v) is 65.9. The van der Waals surface area contributed by atoms with Gasteiger partial charge in [-0.05, 0) is 64.7 Å². The molecule has 1 amide bonds. The molecular weight excluding hydrogens is 1540 g/mol. The number of rotatable bonds is 61. The van der Waals surface area contributed by atoms with Gasteiger partial charge in [0.1, 0.15) is 61.0 Å². The number of carbonyl (C=O) groups is 1. The molecule has 634 valence electrons. The highest BCUT2D eigenvalue weighted by atomic mass is 31.2. The highest BCUT2D eigenvalue weighted by Gasteiger charge is 2.48. The van der Waals surface area contributed by atoms with Crippen molar-refractivity contribution in [3.05, 3.63) is 0 Å². The maximum absolute atomic E-state index is 13.7. The number of hydrogen-bond acceptors (Lipinski definition) is 35. The summed E-state index contributed by atoms with van der Waals surface area (Å²) in [4.78, 5) is 64.1. The van der Waals surface area contributed by atoms with Gasteiger partial charge in [-0.2, -0.15) is 0 Å². The topological polar surface area (TPSA) is 582 Å². The summed E-state index contributed by atoms with van der Waals surface area (Å²) in [7, 11) is -22.4. The molecule has 0 spiro atoms. The number of phosphoric ester groups is 5. The first-order valence-electron chi connectivity index (χ1n) is 36.1. The summed E-state index contributed by atoms with van der Waals surface area (Å²) in [6.45, 7) is 0.408. The number of nitrogens with one attached hydrogen (secondary N) is 1. The van der Waals surface area contributed by atoms with Gasteiger partial charge in [0.05, 0.1) is 116 Å². The van der Waals surface area contributed by atoms with Crippen LogP contribution in [-0.4, -0.2) is 314 Å². The number of aliphatic hydroxyl groups excluding tert-OH is 9. The number of phosphoric acid groups is 5. The molecule has 0 aromatic carbocycles. The molecule has 0 aromatic heterocycles. The molecule has 0 saturated carbocycles. The molecule has 4 aliphatic rings. The number of hydrogen-bond donors (Lipinski definition) is 15. The van der Waals surface area contributed by atoms with E-state index in [9.17, 15) is 98.0 Å². The molecule has 4 aliphatic heterocycles. The fourth-order valence-electron chi connectivity index (χ4n) is 11.3. The number of carbonyl (C=O) groups excluding carboxylic acids is 1. The van der Waals surface area contributed by atoms with E-state index in [4.69, 9.17) is 88.1 Å². The van der Waals surface area contributed by atoms with Crippen LogP contribution in [0.2, 0.25) is 0 Å². The molecule has 0 radical (unpaired) electrons. The SMILES string of the molecule is COP(=O)(O)OC1CC(C)O[C@@H]1COP(=O)(O)OCC(COCCCOP(=O)(O)OCCCCCCO[C@@H]1OC(CO)[C@H](O)[C@H](O)C1C)(COCCCOP(=O)(O)OCCCCCCO[C@@H]1OC(CO)[C@H](O)[C@H](O)C1C)COCCCOP(=O)(O)OCCCCCCO[C@@H]1OC(CO)[C@H](O)[C@H](O)C1NC(C)=O. The third kappa shape index (κ3) is 38.3. The van der Waals surface area contributed by atoms with Crippen LogP contribution in [0.3, 0.4) is 0 Å². The van der Waals surface area contributed by atoms with Crippen LogP contribution in [0.5, 0.6) is 0 Å². The van der Waals surface area contributed by atoms with Gasteiger partial charge in [-0.25, -0.2) is 22.8 Å². The highest BCUT2D eigenvalue weighted by molar-refractivity contribution is 7.48. The first-order chi connectivity index (χ1) is 50.6. The molecule has 41 nitrogen and oxygen atoms in total. The molecule has 4 rings (SSSR count). The van der Waals surface area contributed by atoms with Crippen LogP contribution in [0.1, 0.15) is 130 Å². The first-order valence-corrected chi connectivity index (χ1v) is 43.5. The second-order valence-electron chi connectivity index (χ2n) is 26.6. The van der Waals surface area contributed by atoms with Crippen molar-refractivity contribution in [3.63, 3.8) is 0 Å². The van der Waals surface area contributed by atoms with E-state index in [1.165, 1.54) is 6.92 Å². The zero-order chi connectivity index (χ0) is 79.3. The molecule has 0 aliphatic carbocycles. The number of amides is 1. The maximum Gasteiger partial charge on any atom is 0.472 e. The van der Waals surface area contributed by atoms with Crippen molar-refractivity contribution >= 4 is 45.0 Å². The Hall–Kier alpha value is -0.740. The second kappa shape index (κ2) is 51.4. The van der Waals surface area contributed by atoms with Gasteiger partial charge in [0.15, 0.2) is 18.9 Å². The van der Waals surface area contributed by atoms with Crippen LogP contribution < -0.4 is 5.32 Å². The Morgan fingerprint density at radius 1 is 0.402 bits per heavy atom. The minimum atomic E-state index is -5.11. The fraction of sp³-hybridized carbons (Fsp3) is 0.984. The summed E-state index contributed by atoms with van der Waals surface area (Å²) in [5.41, 5.74) is -1.57. The van der Waals surface area contributed by atoms with Crippen LogP contribution >= 0.6 is 39.1 Å². The number of aliphatic hydroxyl groups is 9. The molecule has 15 N–H and O–H groups in total. The molecule has 23 atom stereocenters. The number of unbranched alkanes of at least 4 members (excludes halogenated alkanes) is 9. The summed E-state index contributed by atoms with van der Waals surface area (Å²) in [6.07, 6.45) is -10.5. The lowest BCUT2D eigenvalue weighted by Crippen LogP contribution is -2.64. The third-order valence-corrected chi connectivity index (χ3v) is 22.4. The Kier molecular flexibility index (Phi) is 47.3. The average Bonchev–Trinajstić information content (AvgIpc) is 1.36. The predicted molar refractivity (Wildman–Crippen MR) is 369 cm³/mol. The minimum Gasteiger partial charge on any atom is -0.394 e. The molecule has 4 saturated heterocycles. The normalized spacial score (nSPS) is 31.3. The largest absolute Gasteiger partial charge is 0.472 e. The van der Waals surface area contributed by atoms with Crippen molar-refractivity contribution in [1.82, 2.24) is 5.32 Å². The van der Waals surface area contributed by atoms with Crippen molar-refractivity contribution in [2.75, 3.05) is 139 Å². The quantitative estimate of drug-likeness (QED) is 0.0305. The minimum absolute atomic E-state index is 0.0159. The zero-order valence-electron chi connectivity index (χ0n) is 61.5. The van der Waals surface area contributed by atoms with Gasteiger partial charge in [0, 0.05) is 71.9 Å². The molecule has 0 aromatic rings. The molecule has 4 heterocycles. The Labute approximate surface area is 623 Å². The van der Waals surface area contributed by atoms with Gasteiger partial charge in [0.25, 0.3) is 0 Å². The summed E-state index contributed by atoms with van der Waals surface area (Å²) in [5.74, 6) is -1.61. The Bertz CT molecular complexity index is 2580. The maximum atomic E-state index is 13.7. The summed E-state index contributed by atoms with van der Waals surface area (Å²) in [6, 6.07) is -1.11. The van der Waals surface area contributed by atoms with E-state index in [1.54, 1.807) is 20.8 Å². The van der Waals surface area contributed by atoms with Gasteiger partial charge >= 0.3 is 39.1 Å². The summed E-state index contributed by atoms with van der Waals surface area (Å²) < 4.78 is 174. The molecule has 13 unspecified atom stereocenters. The smallest absolute Gasteiger partial charge is 0.394 e. The van der Waals surface area contributed by atoms with Gasteiger partial charge in [0.2, 0.25) is 5.91 Å². The molecule has 0 bridgehead atoms. The third-order valence-electron chi connectivity index (χ3n) is 17.5. The van der Waals surface area contributed by atoms with E-state index in [-0.39, 0.29) is 105 Å². The molecule has 46 heteroatoms. The van der Waals surface area contributed by atoms with Crippen molar-refractivity contribution < 1.29 is 191 Å². The monoisotopic (exact) mass is 1660 g/mol. The van der Waals surface area contributed by atoms with Crippen molar-refractivity contribution in [2.24, 2.45) is 17.3 Å². The van der Waals surface area contributed by atoms with Crippen LogP contribution in [0.25, 0.3) is 0 Å². The molecule has 4 fully saturated rings. The standard InChI is InChI=1S/C61H120NO40P5/c1-42-33-46(102-103(73,74)83-5)50(98-42)37-96-107(81,82)97-41-61(38-84-21-18-30-93-104(75,76)90-27-15-9-6-12-24-87-58-43(2)52(67)54(69)47(34-63)99-58,39-85-22-19-31-94-105(77,78)91-28-16-10-7-13-25-88-59-44(3)53(68)55(70)48(35-64)100-59)40-86-23-20-32-95-106(79,80)92-29-17-11-8-14-26-89-60-51(62-45(4)66)57(72)56(71)49(36-65)101-60/h42-44,46-60,63-65,67-72H,6-41H2,1-5H3,(H,62,66)(H,73,74)(H,75,76)(H,77,78)(H,79,80)(H,81,82)/t42?,43?,44?,46?,47?,48?,49?,50-,51?,52-,53-,54+,55+,56+,57-,58-,59-,60-,61?/m1/s1. The van der Waals surface area contributed by atoms with Gasteiger partial charge in [-0.3, -0.25) is 50.0 Å². The van der Waals surface area contributed by atoms with E-state index in [2.05, 4.69) is 9.84 Å². The van der Waals surface area contributed by atoms with E-state index >= 15 is 0 Å². The predicted octanol–water partition coefficient (Wildman–Crippen LogP) is 1.86. The van der Waals surface area contributed by atoms with E-state index in [1.807, 2.05) is 0 Å². The van der Waals surface area contributed by atoms with E-state index in [0.29, 0.717) is 77.0 Å². The molecular formula is C61H120NO40P5. The molecule has 107 heavy (non-hydrogen) atoms. The average molecular weight is 1660 g/mol. The lowest BCUT2D eigenvalue weighted by Gasteiger charge is -2.42. The van der Waals surface area contributed by atoms with Crippen LogP contribution in [0, 0.1) is 17.3 Å². The lowest BCUT2D eigenvalue weighted by molar-refractivity contribution is -0.282. The van der Waals surface area contributed by atoms with Crippen molar-refractivity contribution in [1.29, 1.82) is 0 Å². The van der Waals surface area contributed by atoms with Crippen LogP contribution in [-0.2, 0) is 120 Å². The van der Waals surface area contributed by atoms with Gasteiger partial charge in [-0.15, -0.1) is 0 Å². The Balaban J connectivity index is 1.33. The summed E-state index contributed by atoms with van der Waals surface area (Å²) >= 11 is 0. The van der Waals surface area contributed by atoms with E-state index in [0.717, 1.165) is 7.11 Å². The second-order valence-corrected chi connectivity index (χ2v) is 33.9. The first kappa shape index (κ1) is 98.6. The van der Waals surface area contributed by atoms with Gasteiger partial charge < -0.3 is 123 Å².